The van der Waals surface area contributed by atoms with E-state index < -0.39 is 10.8 Å². The number of fused-ring (bicyclic) bond motifs is 4. The largest absolute Gasteiger partial charge is 0.349 e. The molecule has 0 N–H and O–H groups in total. The van der Waals surface area contributed by atoms with Crippen molar-refractivity contribution in [3.63, 3.8) is 0 Å². The van der Waals surface area contributed by atoms with Crippen LogP contribution in [-0.2, 0) is 10.8 Å². The quantitative estimate of drug-likeness (QED) is 0.162. The summed E-state index contributed by atoms with van der Waals surface area (Å²) in [4.78, 5) is 23.8. The molecule has 6 aliphatic rings. The average Bonchev–Trinajstić information content (AvgIpc) is 4.24. The molecule has 374 valence electrons. The fourth-order valence-electron chi connectivity index (χ4n) is 11.9. The Morgan fingerprint density at radius 2 is 1.11 bits per heavy atom. The summed E-state index contributed by atoms with van der Waals surface area (Å²) in [6.45, 7) is 7.38. The number of thioether (sulfide) groups is 1. The van der Waals surface area contributed by atoms with Gasteiger partial charge in [0.1, 0.15) is 23.3 Å². The van der Waals surface area contributed by atoms with Crippen LogP contribution in [-0.4, -0.2) is 103 Å². The molecule has 0 amide bonds. The van der Waals surface area contributed by atoms with Gasteiger partial charge in [-0.05, 0) is 145 Å². The number of aryl methyl sites for hydroxylation is 2. The summed E-state index contributed by atoms with van der Waals surface area (Å²) in [5, 5.41) is 2.27. The molecule has 4 saturated heterocycles. The molecule has 73 heavy (non-hydrogen) atoms. The molecule has 2 unspecified atom stereocenters. The van der Waals surface area contributed by atoms with E-state index in [1.165, 1.54) is 56.8 Å². The Hall–Kier alpha value is -6.14. The number of hydrogen-bond donors (Lipinski definition) is 0. The van der Waals surface area contributed by atoms with Crippen molar-refractivity contribution >= 4 is 89.6 Å². The van der Waals surface area contributed by atoms with Crippen LogP contribution in [0.2, 0.25) is 0 Å². The van der Waals surface area contributed by atoms with Gasteiger partial charge >= 0.3 is 0 Å². The molecule has 11 nitrogen and oxygen atoms in total. The topological polar surface area (TPSA) is 110 Å². The van der Waals surface area contributed by atoms with Gasteiger partial charge in [-0.1, -0.05) is 36.4 Å². The Kier molecular flexibility index (Phi) is 11.9. The second-order valence-corrected chi connectivity index (χ2v) is 24.7. The Balaban J connectivity index is 0.000000156. The number of benzene rings is 4. The highest BCUT2D eigenvalue weighted by atomic mass is 32.2. The molecule has 14 rings (SSSR count). The van der Waals surface area contributed by atoms with Crippen LogP contribution >= 0.6 is 34.8 Å². The number of aliphatic imine (C=N–C) groups is 2. The molecule has 0 bridgehead atoms. The molecule has 0 aliphatic carbocycles. The van der Waals surface area contributed by atoms with Crippen molar-refractivity contribution in [2.45, 2.75) is 51.6 Å². The first-order valence-electron chi connectivity index (χ1n) is 24.8. The molecule has 6 aliphatic heterocycles. The van der Waals surface area contributed by atoms with Crippen LogP contribution in [0.3, 0.4) is 0 Å². The molecule has 4 aromatic carbocycles. The van der Waals surface area contributed by atoms with Crippen molar-refractivity contribution in [1.29, 1.82) is 0 Å². The van der Waals surface area contributed by atoms with Gasteiger partial charge in [0.05, 0.1) is 56.9 Å². The molecular formula is C56H56F2N10OS4. The number of rotatable bonds is 6. The number of hydrogen-bond acceptors (Lipinski definition) is 12. The Morgan fingerprint density at radius 3 is 1.53 bits per heavy atom. The summed E-state index contributed by atoms with van der Waals surface area (Å²) in [6.07, 6.45) is 20.1. The fourth-order valence-corrected chi connectivity index (χ4v) is 16.3. The van der Waals surface area contributed by atoms with Crippen molar-refractivity contribution in [3.8, 4) is 11.4 Å². The highest BCUT2D eigenvalue weighted by molar-refractivity contribution is 8.00. The summed E-state index contributed by atoms with van der Waals surface area (Å²) in [7, 11) is -0.760. The molecule has 2 spiro atoms. The van der Waals surface area contributed by atoms with E-state index in [0.717, 1.165) is 129 Å². The Labute approximate surface area is 440 Å². The lowest BCUT2D eigenvalue weighted by Gasteiger charge is -2.53. The molecule has 8 aromatic rings. The fraction of sp³-hybridized carbons (Fsp3) is 0.321. The summed E-state index contributed by atoms with van der Waals surface area (Å²) >= 11 is 5.06. The van der Waals surface area contributed by atoms with Gasteiger partial charge in [-0.2, -0.15) is 20.5 Å². The van der Waals surface area contributed by atoms with Gasteiger partial charge in [-0.15, -0.1) is 0 Å². The minimum absolute atomic E-state index is 0. The first-order valence-corrected chi connectivity index (χ1v) is 29.0. The van der Waals surface area contributed by atoms with Gasteiger partial charge in [0.15, 0.2) is 0 Å². The van der Waals surface area contributed by atoms with E-state index in [-0.39, 0.29) is 37.4 Å². The third-order valence-corrected chi connectivity index (χ3v) is 20.5. The van der Waals surface area contributed by atoms with Gasteiger partial charge in [-0.25, -0.2) is 18.7 Å². The lowest BCUT2D eigenvalue weighted by Crippen LogP contribution is -2.59. The number of aromatic nitrogens is 6. The van der Waals surface area contributed by atoms with Crippen LogP contribution in [0.4, 0.5) is 8.78 Å². The van der Waals surface area contributed by atoms with E-state index >= 15 is 0 Å². The van der Waals surface area contributed by atoms with Crippen LogP contribution in [0.25, 0.3) is 43.7 Å². The molecule has 0 radical (unpaired) electrons. The second kappa shape index (κ2) is 18.7. The van der Waals surface area contributed by atoms with E-state index in [4.69, 9.17) is 9.98 Å². The zero-order valence-electron chi connectivity index (χ0n) is 40.5. The molecule has 2 atom stereocenters. The van der Waals surface area contributed by atoms with Crippen LogP contribution in [0.1, 0.15) is 74.3 Å². The van der Waals surface area contributed by atoms with E-state index in [1.54, 1.807) is 24.3 Å². The van der Waals surface area contributed by atoms with Gasteiger partial charge in [-0.3, -0.25) is 14.2 Å². The second-order valence-electron chi connectivity index (χ2n) is 20.6. The third-order valence-electron chi connectivity index (χ3n) is 15.3. The predicted octanol–water partition coefficient (Wildman–Crippen LogP) is 12.1. The van der Waals surface area contributed by atoms with Gasteiger partial charge in [0, 0.05) is 109 Å². The highest BCUT2D eigenvalue weighted by Crippen LogP contribution is 2.51. The van der Waals surface area contributed by atoms with Gasteiger partial charge in [0.25, 0.3) is 0 Å². The number of piperidine rings is 2. The molecule has 0 saturated carbocycles. The van der Waals surface area contributed by atoms with Crippen molar-refractivity contribution in [1.82, 2.24) is 37.6 Å². The zero-order chi connectivity index (χ0) is 49.4. The number of nitrogens with zero attached hydrogens (tertiary/aromatic N) is 10. The number of amidine groups is 2. The maximum Gasteiger partial charge on any atom is 0.127 e. The third kappa shape index (κ3) is 8.68. The predicted molar refractivity (Wildman–Crippen MR) is 298 cm³/mol. The number of halogens is 2. The Bertz CT molecular complexity index is 3590. The standard InChI is InChI=1S/C28H26FN5OS2.C28H26FN5S2.2H2/c1-18-13-33(17-31-18)25-7-4-20(23-12-32-36-26(23)25)10-21-11-28(15-37(35)16-28)14-34-24(8-9-30-27(21)34)19-2-5-22(29)6-3-19;1-18-13-33(17-31-18)25-7-4-20(23-12-32-36-26(23)25)10-21-11-28(15-35-16-28)14-34-24(8-9-30-27(21)34)19-2-5-22(29)6-3-19;;/h2-7,10,12-13,17,24H,8-9,11,14-16H2,1H3;2-7,10,12-13,17,24H,8-9,11,14-16H2,1H3;2*1H/b2*21-10+;;. The van der Waals surface area contributed by atoms with Crippen molar-refractivity contribution in [2.75, 3.05) is 49.2 Å². The van der Waals surface area contributed by atoms with Crippen LogP contribution < -0.4 is 0 Å². The zero-order valence-corrected chi connectivity index (χ0v) is 43.7. The molecule has 10 heterocycles. The maximum atomic E-state index is 13.7. The average molecular weight is 1050 g/mol. The minimum Gasteiger partial charge on any atom is -0.349 e. The summed E-state index contributed by atoms with van der Waals surface area (Å²) in [6, 6.07) is 23.0. The summed E-state index contributed by atoms with van der Waals surface area (Å²) < 4.78 is 55.1. The maximum absolute atomic E-state index is 13.7. The van der Waals surface area contributed by atoms with Gasteiger partial charge < -0.3 is 18.9 Å². The van der Waals surface area contributed by atoms with Crippen molar-refractivity contribution < 1.29 is 15.8 Å². The Morgan fingerprint density at radius 1 is 0.644 bits per heavy atom. The van der Waals surface area contributed by atoms with Crippen molar-refractivity contribution in [2.24, 2.45) is 20.8 Å². The SMILES string of the molecule is Cc1cn(-c2ccc(/C=C3\CC4(CN5C3=NCCC5c3ccc(F)cc3)CS(=O)C4)c3cnsc23)cn1.Cc1cn(-c2ccc(/C=C3\CC4(CSC4)CN4C3=NCCC4c3ccc(F)cc3)c3cnsc23)cn1.[HH].[HH]. The molecule has 4 fully saturated rings. The van der Waals surface area contributed by atoms with Crippen LogP contribution in [0, 0.1) is 36.3 Å². The number of imidazole rings is 2. The van der Waals surface area contributed by atoms with E-state index in [2.05, 4.69) is 75.7 Å². The van der Waals surface area contributed by atoms with Crippen LogP contribution in [0.15, 0.2) is 131 Å². The summed E-state index contributed by atoms with van der Waals surface area (Å²) in [5.41, 5.74) is 11.5. The van der Waals surface area contributed by atoms with E-state index in [1.807, 2.05) is 85.7 Å². The van der Waals surface area contributed by atoms with Crippen LogP contribution in [0.5, 0.6) is 0 Å². The van der Waals surface area contributed by atoms with Crippen molar-refractivity contribution in [3.05, 3.63) is 167 Å². The lowest BCUT2D eigenvalue weighted by atomic mass is 9.77. The first kappa shape index (κ1) is 46.6. The van der Waals surface area contributed by atoms with E-state index in [9.17, 15) is 13.0 Å². The highest BCUT2D eigenvalue weighted by Gasteiger charge is 2.51. The normalized spacial score (nSPS) is 24.2. The lowest BCUT2D eigenvalue weighted by molar-refractivity contribution is 0.171. The molecular weight excluding hydrogens is 995 g/mol. The summed E-state index contributed by atoms with van der Waals surface area (Å²) in [5.74, 6) is 5.53. The first-order chi connectivity index (χ1) is 35.6. The minimum atomic E-state index is -0.760. The van der Waals surface area contributed by atoms with Gasteiger partial charge in [0.2, 0.25) is 0 Å². The molecule has 4 aromatic heterocycles. The monoisotopic (exact) mass is 1050 g/mol. The smallest absolute Gasteiger partial charge is 0.127 e. The van der Waals surface area contributed by atoms with E-state index in [0.29, 0.717) is 0 Å². The molecule has 17 heteroatoms.